The highest BCUT2D eigenvalue weighted by molar-refractivity contribution is 7.68. The van der Waals surface area contributed by atoms with Gasteiger partial charge in [0.25, 0.3) is 0 Å². The molecule has 3 aromatic rings. The van der Waals surface area contributed by atoms with Gasteiger partial charge < -0.3 is 4.52 Å². The zero-order valence-electron chi connectivity index (χ0n) is 17.9. The van der Waals surface area contributed by atoms with Gasteiger partial charge in [-0.05, 0) is 10.8 Å². The molecule has 0 saturated heterocycles. The van der Waals surface area contributed by atoms with Gasteiger partial charge in [-0.1, -0.05) is 120 Å². The Morgan fingerprint density at radius 1 is 0.536 bits per heavy atom. The summed E-state index contributed by atoms with van der Waals surface area (Å²) in [5.41, 5.74) is 2.54. The van der Waals surface area contributed by atoms with E-state index in [0.29, 0.717) is 0 Å². The summed E-state index contributed by atoms with van der Waals surface area (Å²) in [4.78, 5) is 0. The molecule has 0 aliphatic rings. The summed E-state index contributed by atoms with van der Waals surface area (Å²) < 4.78 is 6.97. The van der Waals surface area contributed by atoms with Crippen LogP contribution in [0.5, 0.6) is 5.75 Å². The van der Waals surface area contributed by atoms with Gasteiger partial charge in [0.15, 0.2) is 8.15 Å². The minimum atomic E-state index is -0.954. The van der Waals surface area contributed by atoms with Crippen LogP contribution in [0.1, 0.15) is 52.7 Å². The lowest BCUT2D eigenvalue weighted by atomic mass is 9.80. The third-order valence-corrected chi connectivity index (χ3v) is 6.69. The second kappa shape index (κ2) is 8.10. The quantitative estimate of drug-likeness (QED) is 0.450. The van der Waals surface area contributed by atoms with Crippen molar-refractivity contribution in [2.75, 3.05) is 0 Å². The third kappa shape index (κ3) is 4.65. The topological polar surface area (TPSA) is 9.23 Å². The van der Waals surface area contributed by atoms with E-state index < -0.39 is 8.15 Å². The maximum Gasteiger partial charge on any atom is 0.150 e. The van der Waals surface area contributed by atoms with Crippen LogP contribution in [0, 0.1) is 0 Å². The molecule has 2 heteroatoms. The lowest BCUT2D eigenvalue weighted by Gasteiger charge is -2.31. The maximum absolute atomic E-state index is 6.97. The first-order chi connectivity index (χ1) is 13.2. The number of para-hydroxylation sites is 1. The molecule has 0 unspecified atom stereocenters. The average Bonchev–Trinajstić information content (AvgIpc) is 2.66. The number of benzene rings is 3. The van der Waals surface area contributed by atoms with Gasteiger partial charge in [0.2, 0.25) is 0 Å². The SMILES string of the molecule is CC(C)(C)c1cccc(C(C)(C)C)c1OP(c1ccccc1)c1ccccc1. The Bertz CT molecular complexity index is 831. The normalized spacial score (nSPS) is 12.2. The Balaban J connectivity index is 2.18. The molecule has 0 spiro atoms. The maximum atomic E-state index is 6.97. The number of hydrogen-bond donors (Lipinski definition) is 0. The van der Waals surface area contributed by atoms with Crippen LogP contribution in [-0.4, -0.2) is 0 Å². The van der Waals surface area contributed by atoms with Crippen molar-refractivity contribution in [3.05, 3.63) is 90.0 Å². The van der Waals surface area contributed by atoms with Gasteiger partial charge in [-0.3, -0.25) is 0 Å². The summed E-state index contributed by atoms with van der Waals surface area (Å²) in [5, 5.41) is 2.46. The van der Waals surface area contributed by atoms with E-state index in [-0.39, 0.29) is 10.8 Å². The smallest absolute Gasteiger partial charge is 0.150 e. The molecule has 0 fully saturated rings. The van der Waals surface area contributed by atoms with Gasteiger partial charge >= 0.3 is 0 Å². The van der Waals surface area contributed by atoms with Crippen molar-refractivity contribution in [3.8, 4) is 5.75 Å². The van der Waals surface area contributed by atoms with Crippen molar-refractivity contribution in [2.24, 2.45) is 0 Å². The predicted molar refractivity (Wildman–Crippen MR) is 124 cm³/mol. The van der Waals surface area contributed by atoms with Crippen LogP contribution in [-0.2, 0) is 10.8 Å². The molecule has 0 bridgehead atoms. The second-order valence-electron chi connectivity index (χ2n) is 9.24. The fourth-order valence-electron chi connectivity index (χ4n) is 3.29. The Hall–Kier alpha value is -2.11. The van der Waals surface area contributed by atoms with Crippen LogP contribution >= 0.6 is 8.15 Å². The minimum Gasteiger partial charge on any atom is -0.464 e. The third-order valence-electron chi connectivity index (χ3n) is 4.80. The number of rotatable bonds is 4. The van der Waals surface area contributed by atoms with Gasteiger partial charge in [-0.15, -0.1) is 0 Å². The monoisotopic (exact) mass is 390 g/mol. The summed E-state index contributed by atoms with van der Waals surface area (Å²) in [6.45, 7) is 13.6. The fourth-order valence-corrected chi connectivity index (χ4v) is 5.06. The largest absolute Gasteiger partial charge is 0.464 e. The van der Waals surface area contributed by atoms with Crippen molar-refractivity contribution in [2.45, 2.75) is 52.4 Å². The second-order valence-corrected chi connectivity index (χ2v) is 11.0. The van der Waals surface area contributed by atoms with E-state index in [9.17, 15) is 0 Å². The molecule has 0 atom stereocenters. The molecule has 1 nitrogen and oxygen atoms in total. The molecule has 0 radical (unpaired) electrons. The Labute approximate surface area is 171 Å². The molecule has 146 valence electrons. The first kappa shape index (κ1) is 20.6. The highest BCUT2D eigenvalue weighted by atomic mass is 31.1. The van der Waals surface area contributed by atoms with Crippen LogP contribution in [0.4, 0.5) is 0 Å². The van der Waals surface area contributed by atoms with E-state index in [0.717, 1.165) is 5.75 Å². The minimum absolute atomic E-state index is 0.00493. The average molecular weight is 391 g/mol. The molecule has 0 aliphatic carbocycles. The van der Waals surface area contributed by atoms with E-state index in [1.54, 1.807) is 0 Å². The summed E-state index contributed by atoms with van der Waals surface area (Å²) in [5.74, 6) is 1.04. The summed E-state index contributed by atoms with van der Waals surface area (Å²) in [6, 6.07) is 27.8. The van der Waals surface area contributed by atoms with Crippen LogP contribution in [0.3, 0.4) is 0 Å². The fraction of sp³-hybridized carbons (Fsp3) is 0.308. The molecule has 0 N–H and O–H groups in total. The molecule has 0 heterocycles. The van der Waals surface area contributed by atoms with Crippen molar-refractivity contribution in [1.29, 1.82) is 0 Å². The first-order valence-corrected chi connectivity index (χ1v) is 11.2. The van der Waals surface area contributed by atoms with Gasteiger partial charge in [0.05, 0.1) is 0 Å². The molecular formula is C26H31OP. The standard InChI is InChI=1S/C26H31OP/c1-25(2,3)22-18-13-19-23(26(4,5)6)24(22)27-28(20-14-9-7-10-15-20)21-16-11-8-12-17-21/h7-19H,1-6H3. The zero-order chi connectivity index (χ0) is 20.4. The molecule has 28 heavy (non-hydrogen) atoms. The van der Waals surface area contributed by atoms with Crippen LogP contribution < -0.4 is 15.1 Å². The molecule has 0 saturated carbocycles. The van der Waals surface area contributed by atoms with Crippen LogP contribution in [0.2, 0.25) is 0 Å². The molecule has 3 aromatic carbocycles. The van der Waals surface area contributed by atoms with Crippen molar-refractivity contribution >= 4 is 18.8 Å². The van der Waals surface area contributed by atoms with E-state index in [1.165, 1.54) is 21.7 Å². The van der Waals surface area contributed by atoms with Crippen molar-refractivity contribution < 1.29 is 4.52 Å². The van der Waals surface area contributed by atoms with E-state index >= 15 is 0 Å². The molecule has 3 rings (SSSR count). The zero-order valence-corrected chi connectivity index (χ0v) is 18.8. The summed E-state index contributed by atoms with van der Waals surface area (Å²) in [7, 11) is -0.954. The van der Waals surface area contributed by atoms with Gasteiger partial charge in [0, 0.05) is 21.7 Å². The lowest BCUT2D eigenvalue weighted by molar-refractivity contribution is 0.506. The van der Waals surface area contributed by atoms with E-state index in [2.05, 4.69) is 120 Å². The molecule has 0 aromatic heterocycles. The van der Waals surface area contributed by atoms with E-state index in [1.807, 2.05) is 0 Å². The highest BCUT2D eigenvalue weighted by Crippen LogP contribution is 2.46. The van der Waals surface area contributed by atoms with Crippen molar-refractivity contribution in [1.82, 2.24) is 0 Å². The lowest BCUT2D eigenvalue weighted by Crippen LogP contribution is -2.22. The van der Waals surface area contributed by atoms with Crippen LogP contribution in [0.25, 0.3) is 0 Å². The van der Waals surface area contributed by atoms with Crippen LogP contribution in [0.15, 0.2) is 78.9 Å². The Morgan fingerprint density at radius 2 is 0.929 bits per heavy atom. The Kier molecular flexibility index (Phi) is 5.96. The van der Waals surface area contributed by atoms with Gasteiger partial charge in [0.1, 0.15) is 5.75 Å². The first-order valence-electron chi connectivity index (χ1n) is 9.90. The molecule has 0 amide bonds. The Morgan fingerprint density at radius 3 is 1.29 bits per heavy atom. The number of hydrogen-bond acceptors (Lipinski definition) is 1. The summed E-state index contributed by atoms with van der Waals surface area (Å²) in [6.07, 6.45) is 0. The highest BCUT2D eigenvalue weighted by Gasteiger charge is 2.29. The van der Waals surface area contributed by atoms with E-state index in [4.69, 9.17) is 4.52 Å². The molecule has 0 aliphatic heterocycles. The van der Waals surface area contributed by atoms with Gasteiger partial charge in [-0.25, -0.2) is 0 Å². The molecular weight excluding hydrogens is 359 g/mol. The van der Waals surface area contributed by atoms with Crippen molar-refractivity contribution in [3.63, 3.8) is 0 Å². The summed E-state index contributed by atoms with van der Waals surface area (Å²) >= 11 is 0. The van der Waals surface area contributed by atoms with Gasteiger partial charge in [-0.2, -0.15) is 0 Å². The predicted octanol–water partition coefficient (Wildman–Crippen LogP) is 6.71.